The maximum absolute atomic E-state index is 13.8. The highest BCUT2D eigenvalue weighted by Crippen LogP contribution is 2.26. The predicted octanol–water partition coefficient (Wildman–Crippen LogP) is 4.07. The molecule has 1 aliphatic heterocycles. The fraction of sp³-hybridized carbons (Fsp3) is 0.250. The number of anilines is 1. The number of fused-ring (bicyclic) bond motifs is 2. The van der Waals surface area contributed by atoms with Crippen molar-refractivity contribution >= 4 is 33.5 Å². The number of pyridine rings is 1. The molecule has 7 nitrogen and oxygen atoms in total. The van der Waals surface area contributed by atoms with Crippen LogP contribution in [-0.2, 0) is 0 Å². The third-order valence-electron chi connectivity index (χ3n) is 6.01. The molecule has 2 aromatic heterocycles. The molecule has 0 saturated carbocycles. The van der Waals surface area contributed by atoms with Gasteiger partial charge >= 0.3 is 0 Å². The van der Waals surface area contributed by atoms with Gasteiger partial charge < -0.3 is 15.6 Å². The van der Waals surface area contributed by atoms with E-state index in [9.17, 15) is 18.8 Å². The van der Waals surface area contributed by atoms with E-state index in [0.29, 0.717) is 16.5 Å². The average molecular weight is 446 g/mol. The number of carbonyl (C=O) groups is 1. The number of H-pyrrole nitrogens is 1. The van der Waals surface area contributed by atoms with E-state index in [0.717, 1.165) is 43.5 Å². The molecule has 9 heteroatoms. The molecule has 0 radical (unpaired) electrons. The minimum atomic E-state index is -1.03. The van der Waals surface area contributed by atoms with Gasteiger partial charge in [0.1, 0.15) is 17.9 Å². The van der Waals surface area contributed by atoms with E-state index in [4.69, 9.17) is 0 Å². The second-order valence-corrected chi connectivity index (χ2v) is 8.13. The van der Waals surface area contributed by atoms with E-state index in [1.165, 1.54) is 6.07 Å². The summed E-state index contributed by atoms with van der Waals surface area (Å²) in [4.78, 5) is 25.2. The number of hydrogen-bond donors (Lipinski definition) is 3. The monoisotopic (exact) mass is 446 g/mol. The minimum Gasteiger partial charge on any atom is -0.357 e. The molecule has 166 valence electrons. The van der Waals surface area contributed by atoms with Gasteiger partial charge in [0.05, 0.1) is 28.4 Å². The third kappa shape index (κ3) is 4.01. The number of Topliss-reactive ketones (excluding diaryl/α,β-unsaturated/α-hetero) is 1. The van der Waals surface area contributed by atoms with Crippen molar-refractivity contribution in [3.05, 3.63) is 65.5 Å². The van der Waals surface area contributed by atoms with Crippen LogP contribution in [0.5, 0.6) is 0 Å². The zero-order valence-electron chi connectivity index (χ0n) is 17.5. The number of nitrogens with one attached hydrogen (secondary N) is 3. The van der Waals surface area contributed by atoms with E-state index < -0.39 is 17.7 Å². The van der Waals surface area contributed by atoms with Gasteiger partial charge in [0, 0.05) is 23.1 Å². The van der Waals surface area contributed by atoms with Crippen molar-refractivity contribution in [2.24, 2.45) is 0 Å². The highest BCUT2D eigenvalue weighted by atomic mass is 19.2. The maximum atomic E-state index is 13.8. The van der Waals surface area contributed by atoms with Gasteiger partial charge in [-0.1, -0.05) is 6.42 Å². The summed E-state index contributed by atoms with van der Waals surface area (Å²) in [6.45, 7) is 0.773. The van der Waals surface area contributed by atoms with Crippen LogP contribution in [0, 0.1) is 23.0 Å². The smallest absolute Gasteiger partial charge is 0.186 e. The van der Waals surface area contributed by atoms with E-state index in [1.807, 2.05) is 6.07 Å². The number of aromatic nitrogens is 3. The Balaban J connectivity index is 1.55. The summed E-state index contributed by atoms with van der Waals surface area (Å²) in [7, 11) is 0. The van der Waals surface area contributed by atoms with Crippen LogP contribution >= 0.6 is 0 Å². The molecule has 3 N–H and O–H groups in total. The van der Waals surface area contributed by atoms with Gasteiger partial charge in [-0.2, -0.15) is 5.26 Å². The van der Waals surface area contributed by atoms with Gasteiger partial charge in [-0.05, 0) is 49.7 Å². The number of carbonyl (C=O) groups excluding carboxylic acids is 1. The highest BCUT2D eigenvalue weighted by Gasteiger charge is 2.31. The lowest BCUT2D eigenvalue weighted by atomic mass is 9.91. The first-order chi connectivity index (χ1) is 16.0. The molecule has 2 aromatic carbocycles. The van der Waals surface area contributed by atoms with E-state index in [1.54, 1.807) is 24.5 Å². The molecule has 33 heavy (non-hydrogen) atoms. The standard InChI is InChI=1S/C24H20F2N6O/c25-16-8-14-7-15(11-27)24(31-20(14)10-17(16)26)32-22(19-3-1-2-6-28-19)23(33)13-4-5-18-21(9-13)30-12-29-18/h4-5,7-10,12,19,22,28H,1-3,6H2,(H,29,30)(H,31,32)/t19?,22-/m0/s1. The molecule has 3 heterocycles. The van der Waals surface area contributed by atoms with E-state index >= 15 is 0 Å². The number of imidazole rings is 1. The Morgan fingerprint density at radius 3 is 2.79 bits per heavy atom. The number of nitriles is 1. The second-order valence-electron chi connectivity index (χ2n) is 8.13. The summed E-state index contributed by atoms with van der Waals surface area (Å²) in [6.07, 6.45) is 4.31. The van der Waals surface area contributed by atoms with Crippen LogP contribution in [-0.4, -0.2) is 39.4 Å². The fourth-order valence-electron chi connectivity index (χ4n) is 4.29. The largest absolute Gasteiger partial charge is 0.357 e. The molecule has 4 aromatic rings. The van der Waals surface area contributed by atoms with Crippen molar-refractivity contribution in [3.8, 4) is 6.07 Å². The molecular formula is C24H20F2N6O. The number of piperidine rings is 1. The Hall–Kier alpha value is -3.90. The zero-order valence-corrected chi connectivity index (χ0v) is 17.5. The number of ketones is 1. The first kappa shape index (κ1) is 21.0. The molecule has 5 rings (SSSR count). The summed E-state index contributed by atoms with van der Waals surface area (Å²) in [5, 5.41) is 16.5. The quantitative estimate of drug-likeness (QED) is 0.399. The Morgan fingerprint density at radius 2 is 2.00 bits per heavy atom. The van der Waals surface area contributed by atoms with Gasteiger partial charge in [0.25, 0.3) is 0 Å². The van der Waals surface area contributed by atoms with Crippen molar-refractivity contribution in [2.45, 2.75) is 31.3 Å². The molecule has 0 spiro atoms. The van der Waals surface area contributed by atoms with Crippen molar-refractivity contribution in [3.63, 3.8) is 0 Å². The first-order valence-corrected chi connectivity index (χ1v) is 10.7. The maximum Gasteiger partial charge on any atom is 0.186 e. The molecule has 1 fully saturated rings. The number of hydrogen-bond acceptors (Lipinski definition) is 6. The molecule has 1 aliphatic rings. The number of aromatic amines is 1. The van der Waals surface area contributed by atoms with Gasteiger partial charge in [-0.3, -0.25) is 4.79 Å². The number of halogens is 2. The predicted molar refractivity (Wildman–Crippen MR) is 120 cm³/mol. The normalized spacial score (nSPS) is 17.1. The molecule has 2 atom stereocenters. The molecule has 0 bridgehead atoms. The van der Waals surface area contributed by atoms with Crippen molar-refractivity contribution in [1.82, 2.24) is 20.3 Å². The SMILES string of the molecule is N#Cc1cc2cc(F)c(F)cc2nc1N[C@H](C(=O)c1ccc2[nH]cnc2c1)C1CCCCN1. The first-order valence-electron chi connectivity index (χ1n) is 10.7. The highest BCUT2D eigenvalue weighted by molar-refractivity contribution is 6.04. The summed E-state index contributed by atoms with van der Waals surface area (Å²) < 4.78 is 27.5. The van der Waals surface area contributed by atoms with Crippen LogP contribution in [0.15, 0.2) is 42.7 Å². The second kappa shape index (κ2) is 8.56. The third-order valence-corrected chi connectivity index (χ3v) is 6.01. The Bertz CT molecular complexity index is 1400. The fourth-order valence-corrected chi connectivity index (χ4v) is 4.29. The van der Waals surface area contributed by atoms with Crippen molar-refractivity contribution in [2.75, 3.05) is 11.9 Å². The molecule has 0 aliphatic carbocycles. The van der Waals surface area contributed by atoms with Crippen LogP contribution in [0.3, 0.4) is 0 Å². The number of benzene rings is 2. The van der Waals surface area contributed by atoms with Crippen LogP contribution in [0.4, 0.5) is 14.6 Å². The molecule has 0 amide bonds. The van der Waals surface area contributed by atoms with Crippen molar-refractivity contribution in [1.29, 1.82) is 5.26 Å². The van der Waals surface area contributed by atoms with E-state index in [-0.39, 0.29) is 28.7 Å². The van der Waals surface area contributed by atoms with Gasteiger partial charge in [-0.25, -0.2) is 18.7 Å². The van der Waals surface area contributed by atoms with E-state index in [2.05, 4.69) is 25.6 Å². The summed E-state index contributed by atoms with van der Waals surface area (Å²) in [6, 6.07) is 9.83. The summed E-state index contributed by atoms with van der Waals surface area (Å²) >= 11 is 0. The van der Waals surface area contributed by atoms with Crippen LogP contribution in [0.25, 0.3) is 21.9 Å². The van der Waals surface area contributed by atoms with Gasteiger partial charge in [0.15, 0.2) is 17.4 Å². The average Bonchev–Trinajstić information content (AvgIpc) is 3.31. The van der Waals surface area contributed by atoms with Crippen LogP contribution < -0.4 is 10.6 Å². The topological polar surface area (TPSA) is 106 Å². The molecule has 1 saturated heterocycles. The Labute approximate surface area is 187 Å². The van der Waals surface area contributed by atoms with Gasteiger partial charge in [-0.15, -0.1) is 0 Å². The molecular weight excluding hydrogens is 426 g/mol. The summed E-state index contributed by atoms with van der Waals surface area (Å²) in [5.41, 5.74) is 2.31. The lowest BCUT2D eigenvalue weighted by Gasteiger charge is -2.31. The Morgan fingerprint density at radius 1 is 1.15 bits per heavy atom. The van der Waals surface area contributed by atoms with Gasteiger partial charge in [0.2, 0.25) is 0 Å². The Kier molecular flexibility index (Phi) is 5.44. The number of nitrogens with zero attached hydrogens (tertiary/aromatic N) is 3. The minimum absolute atomic E-state index is 0.143. The van der Waals surface area contributed by atoms with Crippen LogP contribution in [0.1, 0.15) is 35.2 Å². The lowest BCUT2D eigenvalue weighted by Crippen LogP contribution is -2.51. The zero-order chi connectivity index (χ0) is 22.9. The summed E-state index contributed by atoms with van der Waals surface area (Å²) in [5.74, 6) is -2.06. The van der Waals surface area contributed by atoms with Crippen molar-refractivity contribution < 1.29 is 13.6 Å². The lowest BCUT2D eigenvalue weighted by molar-refractivity contribution is 0.0946. The number of rotatable bonds is 5. The van der Waals surface area contributed by atoms with Crippen LogP contribution in [0.2, 0.25) is 0 Å². The molecule has 1 unspecified atom stereocenters.